The normalized spacial score (nSPS) is 20.6. The van der Waals surface area contributed by atoms with Gasteiger partial charge in [0, 0.05) is 25.0 Å². The summed E-state index contributed by atoms with van der Waals surface area (Å²) in [6.07, 6.45) is 3.22. The van der Waals surface area contributed by atoms with Gasteiger partial charge in [-0.25, -0.2) is 0 Å². The molecule has 0 unspecified atom stereocenters. The van der Waals surface area contributed by atoms with Gasteiger partial charge in [-0.05, 0) is 24.1 Å². The fourth-order valence-corrected chi connectivity index (χ4v) is 3.38. The number of rotatable bonds is 4. The van der Waals surface area contributed by atoms with Gasteiger partial charge < -0.3 is 9.67 Å². The Bertz CT molecular complexity index is 549. The first-order chi connectivity index (χ1) is 9.85. The summed E-state index contributed by atoms with van der Waals surface area (Å²) in [5, 5.41) is 9.90. The second-order valence-corrected chi connectivity index (χ2v) is 5.40. The van der Waals surface area contributed by atoms with Gasteiger partial charge in [0.1, 0.15) is 0 Å². The van der Waals surface area contributed by atoms with Crippen molar-refractivity contribution in [2.75, 3.05) is 13.2 Å². The van der Waals surface area contributed by atoms with Crippen LogP contribution in [0.3, 0.4) is 0 Å². The molecule has 2 heterocycles. The molecule has 1 aliphatic rings. The molecule has 0 bridgehead atoms. The van der Waals surface area contributed by atoms with Gasteiger partial charge in [-0.3, -0.25) is 4.90 Å². The predicted molar refractivity (Wildman–Crippen MR) is 80.4 cm³/mol. The zero-order valence-corrected chi connectivity index (χ0v) is 11.9. The Balaban J connectivity index is 1.93. The van der Waals surface area contributed by atoms with Crippen LogP contribution in [-0.2, 0) is 6.54 Å². The van der Waals surface area contributed by atoms with E-state index in [-0.39, 0.29) is 12.6 Å². The van der Waals surface area contributed by atoms with Crippen molar-refractivity contribution in [1.82, 2.24) is 9.47 Å². The Morgan fingerprint density at radius 1 is 1.15 bits per heavy atom. The average Bonchev–Trinajstić information content (AvgIpc) is 2.97. The van der Waals surface area contributed by atoms with Crippen molar-refractivity contribution in [3.63, 3.8) is 0 Å². The highest BCUT2D eigenvalue weighted by Crippen LogP contribution is 2.35. The molecule has 1 N–H and O–H groups in total. The monoisotopic (exact) mass is 270 g/mol. The van der Waals surface area contributed by atoms with Crippen LogP contribution in [0.2, 0.25) is 0 Å². The lowest BCUT2D eigenvalue weighted by molar-refractivity contribution is 0.0581. The van der Waals surface area contributed by atoms with Gasteiger partial charge in [0.05, 0.1) is 18.7 Å². The van der Waals surface area contributed by atoms with Crippen molar-refractivity contribution in [1.29, 1.82) is 0 Å². The van der Waals surface area contributed by atoms with Crippen LogP contribution in [0, 0.1) is 0 Å². The van der Waals surface area contributed by atoms with Gasteiger partial charge >= 0.3 is 0 Å². The zero-order valence-electron chi connectivity index (χ0n) is 11.9. The molecular formula is C17H22N2O. The van der Waals surface area contributed by atoms with Gasteiger partial charge in [0.2, 0.25) is 0 Å². The van der Waals surface area contributed by atoms with Gasteiger partial charge in [0.15, 0.2) is 0 Å². The Hall–Kier alpha value is -1.58. The number of aromatic nitrogens is 1. The second kappa shape index (κ2) is 5.81. The second-order valence-electron chi connectivity index (χ2n) is 5.40. The van der Waals surface area contributed by atoms with Crippen LogP contribution < -0.4 is 0 Å². The van der Waals surface area contributed by atoms with Crippen molar-refractivity contribution in [3.8, 4) is 0 Å². The summed E-state index contributed by atoms with van der Waals surface area (Å²) in [7, 11) is 0. The summed E-state index contributed by atoms with van der Waals surface area (Å²) in [5.41, 5.74) is 2.57. The van der Waals surface area contributed by atoms with Gasteiger partial charge in [-0.15, -0.1) is 0 Å². The molecule has 3 heteroatoms. The number of nitrogens with zero attached hydrogens (tertiary/aromatic N) is 2. The van der Waals surface area contributed by atoms with Crippen LogP contribution in [0.4, 0.5) is 0 Å². The number of hydrogen-bond donors (Lipinski definition) is 1. The first kappa shape index (κ1) is 13.4. The Labute approximate surface area is 120 Å². The third-order valence-corrected chi connectivity index (χ3v) is 4.35. The molecule has 20 heavy (non-hydrogen) atoms. The van der Waals surface area contributed by atoms with E-state index in [1.807, 2.05) is 18.2 Å². The number of benzene rings is 1. The van der Waals surface area contributed by atoms with E-state index in [0.717, 1.165) is 19.5 Å². The van der Waals surface area contributed by atoms with E-state index >= 15 is 0 Å². The largest absolute Gasteiger partial charge is 0.394 e. The zero-order chi connectivity index (χ0) is 13.9. The van der Waals surface area contributed by atoms with E-state index in [4.69, 9.17) is 0 Å². The topological polar surface area (TPSA) is 28.4 Å². The number of aliphatic hydroxyl groups is 1. The molecule has 0 fully saturated rings. The van der Waals surface area contributed by atoms with Crippen LogP contribution in [-0.4, -0.2) is 27.7 Å². The average molecular weight is 270 g/mol. The highest BCUT2D eigenvalue weighted by molar-refractivity contribution is 5.22. The number of fused-ring (bicyclic) bond motifs is 1. The van der Waals surface area contributed by atoms with Gasteiger partial charge in [0.25, 0.3) is 0 Å². The number of hydrogen-bond acceptors (Lipinski definition) is 2. The molecule has 1 aromatic heterocycles. The fraction of sp³-hybridized carbons (Fsp3) is 0.412. The predicted octanol–water partition coefficient (Wildman–Crippen LogP) is 2.99. The van der Waals surface area contributed by atoms with Crippen LogP contribution in [0.15, 0.2) is 48.7 Å². The lowest BCUT2D eigenvalue weighted by Crippen LogP contribution is -2.41. The quantitative estimate of drug-likeness (QED) is 0.925. The maximum absolute atomic E-state index is 9.90. The maximum atomic E-state index is 9.90. The maximum Gasteiger partial charge on any atom is 0.0628 e. The summed E-state index contributed by atoms with van der Waals surface area (Å²) >= 11 is 0. The van der Waals surface area contributed by atoms with E-state index in [1.165, 1.54) is 11.3 Å². The first-order valence-electron chi connectivity index (χ1n) is 7.41. The van der Waals surface area contributed by atoms with Crippen molar-refractivity contribution in [3.05, 3.63) is 59.9 Å². The first-order valence-corrected chi connectivity index (χ1v) is 7.41. The molecule has 2 aromatic rings. The van der Waals surface area contributed by atoms with Crippen molar-refractivity contribution >= 4 is 0 Å². The summed E-state index contributed by atoms with van der Waals surface area (Å²) in [6.45, 7) is 4.38. The van der Waals surface area contributed by atoms with E-state index in [2.05, 4.69) is 46.9 Å². The summed E-state index contributed by atoms with van der Waals surface area (Å²) in [4.78, 5) is 2.45. The Kier molecular flexibility index (Phi) is 3.90. The molecule has 3 rings (SSSR count). The van der Waals surface area contributed by atoms with Crippen molar-refractivity contribution in [2.24, 2.45) is 0 Å². The molecule has 0 saturated heterocycles. The van der Waals surface area contributed by atoms with E-state index in [1.54, 1.807) is 0 Å². The lowest BCUT2D eigenvalue weighted by Gasteiger charge is -2.41. The molecule has 0 amide bonds. The highest BCUT2D eigenvalue weighted by atomic mass is 16.3. The molecule has 3 nitrogen and oxygen atoms in total. The number of aliphatic hydroxyl groups excluding tert-OH is 1. The minimum absolute atomic E-state index is 0.0878. The van der Waals surface area contributed by atoms with Crippen LogP contribution in [0.25, 0.3) is 0 Å². The highest BCUT2D eigenvalue weighted by Gasteiger charge is 2.31. The molecule has 0 saturated carbocycles. The molecular weight excluding hydrogens is 248 g/mol. The fourth-order valence-electron chi connectivity index (χ4n) is 3.38. The van der Waals surface area contributed by atoms with E-state index in [9.17, 15) is 5.11 Å². The van der Waals surface area contributed by atoms with Gasteiger partial charge in [-0.1, -0.05) is 37.3 Å². The minimum Gasteiger partial charge on any atom is -0.394 e. The third-order valence-electron chi connectivity index (χ3n) is 4.35. The molecule has 0 radical (unpaired) electrons. The van der Waals surface area contributed by atoms with Crippen LogP contribution >= 0.6 is 0 Å². The molecule has 2 atom stereocenters. The van der Waals surface area contributed by atoms with Crippen molar-refractivity contribution in [2.45, 2.75) is 32.0 Å². The minimum atomic E-state index is 0.0878. The Morgan fingerprint density at radius 3 is 2.65 bits per heavy atom. The third kappa shape index (κ3) is 2.28. The molecule has 1 aliphatic heterocycles. The summed E-state index contributed by atoms with van der Waals surface area (Å²) in [6, 6.07) is 15.1. The van der Waals surface area contributed by atoms with Crippen molar-refractivity contribution < 1.29 is 5.11 Å². The molecule has 1 aromatic carbocycles. The van der Waals surface area contributed by atoms with Gasteiger partial charge in [-0.2, -0.15) is 0 Å². The lowest BCUT2D eigenvalue weighted by atomic mass is 9.99. The summed E-state index contributed by atoms with van der Waals surface area (Å²) in [5.74, 6) is 0. The van der Waals surface area contributed by atoms with Crippen LogP contribution in [0.1, 0.15) is 36.7 Å². The SMILES string of the molecule is CC[C@@H]1c2cccn2CCN1[C@H](CO)c1ccccc1. The smallest absolute Gasteiger partial charge is 0.0628 e. The molecule has 0 spiro atoms. The van der Waals surface area contributed by atoms with E-state index < -0.39 is 0 Å². The Morgan fingerprint density at radius 2 is 1.95 bits per heavy atom. The molecule has 106 valence electrons. The standard InChI is InChI=1S/C17H22N2O/c1-2-15-16-9-6-10-18(16)11-12-19(15)17(13-20)14-7-4-3-5-8-14/h3-10,15,17,20H,2,11-13H2,1H3/t15-,17-/m1/s1. The van der Waals surface area contributed by atoms with E-state index in [0.29, 0.717) is 6.04 Å². The van der Waals surface area contributed by atoms with Crippen LogP contribution in [0.5, 0.6) is 0 Å². The molecule has 0 aliphatic carbocycles. The summed E-state index contributed by atoms with van der Waals surface area (Å²) < 4.78 is 2.34.